The standard InChI is InChI=1S/C18H23N5S/c1-14-17(24-13-20-14)12-22(9-15-5-6-19-8-15)10-16-11-23-7-3-2-4-18(23)21-16/h2-4,7,11,13,15,19H,5-6,8-10,12H2,1H3. The summed E-state index contributed by atoms with van der Waals surface area (Å²) in [4.78, 5) is 13.1. The van der Waals surface area contributed by atoms with Gasteiger partial charge in [-0.1, -0.05) is 6.07 Å². The van der Waals surface area contributed by atoms with Crippen molar-refractivity contribution in [3.8, 4) is 0 Å². The van der Waals surface area contributed by atoms with Gasteiger partial charge in [-0.25, -0.2) is 9.97 Å². The average molecular weight is 341 g/mol. The van der Waals surface area contributed by atoms with Crippen molar-refractivity contribution in [3.05, 3.63) is 52.4 Å². The molecule has 6 heteroatoms. The highest BCUT2D eigenvalue weighted by molar-refractivity contribution is 7.09. The van der Waals surface area contributed by atoms with E-state index in [9.17, 15) is 0 Å². The van der Waals surface area contributed by atoms with Gasteiger partial charge in [-0.05, 0) is 44.5 Å². The molecule has 4 heterocycles. The van der Waals surface area contributed by atoms with Gasteiger partial charge in [-0.15, -0.1) is 11.3 Å². The first-order valence-corrected chi connectivity index (χ1v) is 9.40. The fourth-order valence-corrected chi connectivity index (χ4v) is 4.21. The first-order chi connectivity index (χ1) is 11.8. The predicted octanol–water partition coefficient (Wildman–Crippen LogP) is 2.71. The largest absolute Gasteiger partial charge is 0.316 e. The molecule has 1 aliphatic heterocycles. The molecule has 1 saturated heterocycles. The van der Waals surface area contributed by atoms with Crippen molar-refractivity contribution in [2.45, 2.75) is 26.4 Å². The second kappa shape index (κ2) is 7.01. The summed E-state index contributed by atoms with van der Waals surface area (Å²) < 4.78 is 2.10. The van der Waals surface area contributed by atoms with Gasteiger partial charge in [0.15, 0.2) is 0 Å². The maximum atomic E-state index is 4.77. The number of hydrogen-bond donors (Lipinski definition) is 1. The highest BCUT2D eigenvalue weighted by Gasteiger charge is 2.20. The zero-order valence-electron chi connectivity index (χ0n) is 14.0. The molecule has 126 valence electrons. The normalized spacial score (nSPS) is 18.0. The molecule has 24 heavy (non-hydrogen) atoms. The molecule has 5 nitrogen and oxygen atoms in total. The molecular weight excluding hydrogens is 318 g/mol. The van der Waals surface area contributed by atoms with Crippen LogP contribution in [0.2, 0.25) is 0 Å². The maximum Gasteiger partial charge on any atom is 0.137 e. The molecule has 0 spiro atoms. The first kappa shape index (κ1) is 15.7. The lowest BCUT2D eigenvalue weighted by Crippen LogP contribution is -2.30. The Morgan fingerprint density at radius 2 is 2.33 bits per heavy atom. The molecular formula is C18H23N5S. The van der Waals surface area contributed by atoms with Gasteiger partial charge < -0.3 is 9.72 Å². The van der Waals surface area contributed by atoms with Crippen molar-refractivity contribution < 1.29 is 0 Å². The van der Waals surface area contributed by atoms with Gasteiger partial charge in [0.25, 0.3) is 0 Å². The third-order valence-corrected chi connectivity index (χ3v) is 5.61. The molecule has 3 aromatic heterocycles. The van der Waals surface area contributed by atoms with Gasteiger partial charge in [0.1, 0.15) is 5.65 Å². The van der Waals surface area contributed by atoms with E-state index in [1.165, 1.54) is 11.3 Å². The van der Waals surface area contributed by atoms with Crippen molar-refractivity contribution in [2.24, 2.45) is 5.92 Å². The summed E-state index contributed by atoms with van der Waals surface area (Å²) in [5, 5.41) is 3.48. The third-order valence-electron chi connectivity index (χ3n) is 4.69. The first-order valence-electron chi connectivity index (χ1n) is 8.52. The van der Waals surface area contributed by atoms with E-state index in [2.05, 4.69) is 45.0 Å². The van der Waals surface area contributed by atoms with E-state index in [1.807, 2.05) is 17.6 Å². The summed E-state index contributed by atoms with van der Waals surface area (Å²) >= 11 is 1.76. The Labute approximate surface area is 146 Å². The Bertz CT molecular complexity index is 769. The molecule has 0 saturated carbocycles. The number of aryl methyl sites for hydroxylation is 1. The lowest BCUT2D eigenvalue weighted by Gasteiger charge is -2.24. The zero-order chi connectivity index (χ0) is 16.4. The number of nitrogens with zero attached hydrogens (tertiary/aromatic N) is 4. The van der Waals surface area contributed by atoms with Crippen LogP contribution in [0.3, 0.4) is 0 Å². The van der Waals surface area contributed by atoms with E-state index < -0.39 is 0 Å². The molecule has 1 N–H and O–H groups in total. The number of rotatable bonds is 6. The number of hydrogen-bond acceptors (Lipinski definition) is 5. The van der Waals surface area contributed by atoms with Crippen LogP contribution in [0.25, 0.3) is 5.65 Å². The Balaban J connectivity index is 1.52. The smallest absolute Gasteiger partial charge is 0.137 e. The van der Waals surface area contributed by atoms with E-state index in [4.69, 9.17) is 4.98 Å². The summed E-state index contributed by atoms with van der Waals surface area (Å²) in [5.74, 6) is 0.732. The summed E-state index contributed by atoms with van der Waals surface area (Å²) in [6.07, 6.45) is 5.47. The number of fused-ring (bicyclic) bond motifs is 1. The molecule has 0 radical (unpaired) electrons. The van der Waals surface area contributed by atoms with Crippen LogP contribution in [0.5, 0.6) is 0 Å². The van der Waals surface area contributed by atoms with Crippen LogP contribution in [0.4, 0.5) is 0 Å². The SMILES string of the molecule is Cc1ncsc1CN(Cc1cn2ccccc2n1)CC1CCNC1. The Hall–Kier alpha value is -1.76. The minimum Gasteiger partial charge on any atom is -0.316 e. The van der Waals surface area contributed by atoms with Gasteiger partial charge >= 0.3 is 0 Å². The van der Waals surface area contributed by atoms with Gasteiger partial charge in [-0.3, -0.25) is 4.90 Å². The number of pyridine rings is 1. The topological polar surface area (TPSA) is 45.5 Å². The third kappa shape index (κ3) is 3.50. The van der Waals surface area contributed by atoms with Gasteiger partial charge in [0.05, 0.1) is 16.9 Å². The predicted molar refractivity (Wildman–Crippen MR) is 97.1 cm³/mol. The van der Waals surface area contributed by atoms with E-state index in [-0.39, 0.29) is 0 Å². The zero-order valence-corrected chi connectivity index (χ0v) is 14.8. The minimum absolute atomic E-state index is 0.732. The van der Waals surface area contributed by atoms with Crippen molar-refractivity contribution in [3.63, 3.8) is 0 Å². The second-order valence-corrected chi connectivity index (χ2v) is 7.53. The van der Waals surface area contributed by atoms with Crippen LogP contribution in [-0.4, -0.2) is 38.9 Å². The van der Waals surface area contributed by atoms with E-state index >= 15 is 0 Å². The molecule has 0 aliphatic carbocycles. The minimum atomic E-state index is 0.732. The molecule has 1 aliphatic rings. The van der Waals surface area contributed by atoms with Crippen molar-refractivity contribution in [1.29, 1.82) is 0 Å². The van der Waals surface area contributed by atoms with E-state index in [0.717, 1.165) is 55.7 Å². The highest BCUT2D eigenvalue weighted by atomic mass is 32.1. The molecule has 3 aromatic rings. The molecule has 1 fully saturated rings. The van der Waals surface area contributed by atoms with Crippen molar-refractivity contribution >= 4 is 17.0 Å². The van der Waals surface area contributed by atoms with Crippen LogP contribution in [0.1, 0.15) is 22.7 Å². The Morgan fingerprint density at radius 1 is 1.38 bits per heavy atom. The van der Waals surface area contributed by atoms with Gasteiger partial charge in [0.2, 0.25) is 0 Å². The van der Waals surface area contributed by atoms with Crippen molar-refractivity contribution in [1.82, 2.24) is 24.6 Å². The molecule has 0 amide bonds. The summed E-state index contributed by atoms with van der Waals surface area (Å²) in [6.45, 7) is 7.33. The number of thiazole rings is 1. The number of nitrogens with one attached hydrogen (secondary N) is 1. The van der Waals surface area contributed by atoms with E-state index in [1.54, 1.807) is 11.3 Å². The van der Waals surface area contributed by atoms with Gasteiger partial charge in [0, 0.05) is 36.9 Å². The molecule has 1 unspecified atom stereocenters. The summed E-state index contributed by atoms with van der Waals surface area (Å²) in [5.41, 5.74) is 5.26. The quantitative estimate of drug-likeness (QED) is 0.749. The number of imidazole rings is 1. The lowest BCUT2D eigenvalue weighted by atomic mass is 10.1. The maximum absolute atomic E-state index is 4.77. The summed E-state index contributed by atoms with van der Waals surface area (Å²) in [7, 11) is 0. The lowest BCUT2D eigenvalue weighted by molar-refractivity contribution is 0.220. The van der Waals surface area contributed by atoms with Crippen LogP contribution in [0.15, 0.2) is 36.1 Å². The molecule has 0 bridgehead atoms. The Kier molecular flexibility index (Phi) is 4.60. The Morgan fingerprint density at radius 3 is 3.08 bits per heavy atom. The van der Waals surface area contributed by atoms with Crippen LogP contribution >= 0.6 is 11.3 Å². The molecule has 0 aromatic carbocycles. The second-order valence-electron chi connectivity index (χ2n) is 6.59. The van der Waals surface area contributed by atoms with Crippen LogP contribution in [0, 0.1) is 12.8 Å². The average Bonchev–Trinajstić information content (AvgIpc) is 3.29. The number of aromatic nitrogens is 3. The van der Waals surface area contributed by atoms with Crippen LogP contribution < -0.4 is 5.32 Å². The molecule has 4 rings (SSSR count). The fourth-order valence-electron chi connectivity index (χ4n) is 3.39. The van der Waals surface area contributed by atoms with Crippen LogP contribution in [-0.2, 0) is 13.1 Å². The fraction of sp³-hybridized carbons (Fsp3) is 0.444. The van der Waals surface area contributed by atoms with Gasteiger partial charge in [-0.2, -0.15) is 0 Å². The van der Waals surface area contributed by atoms with E-state index in [0.29, 0.717) is 0 Å². The monoisotopic (exact) mass is 341 g/mol. The highest BCUT2D eigenvalue weighted by Crippen LogP contribution is 2.20. The summed E-state index contributed by atoms with van der Waals surface area (Å²) in [6, 6.07) is 6.14. The molecule has 1 atom stereocenters. The van der Waals surface area contributed by atoms with Crippen molar-refractivity contribution in [2.75, 3.05) is 19.6 Å².